The number of benzene rings is 3. The van der Waals surface area contributed by atoms with Crippen LogP contribution >= 0.6 is 34.2 Å². The molecule has 0 aliphatic rings. The molecule has 0 fully saturated rings. The lowest BCUT2D eigenvalue weighted by molar-refractivity contribution is 0.102. The number of ether oxygens (including phenoxy) is 2. The molecule has 6 heteroatoms. The van der Waals surface area contributed by atoms with Gasteiger partial charge in [-0.3, -0.25) is 4.79 Å². The van der Waals surface area contributed by atoms with E-state index in [0.29, 0.717) is 35.3 Å². The lowest BCUT2D eigenvalue weighted by Gasteiger charge is -2.16. The van der Waals surface area contributed by atoms with Crippen molar-refractivity contribution in [1.29, 1.82) is 0 Å². The van der Waals surface area contributed by atoms with Crippen LogP contribution < -0.4 is 14.8 Å². The van der Waals surface area contributed by atoms with Crippen LogP contribution in [0.3, 0.4) is 0 Å². The fourth-order valence-corrected chi connectivity index (χ4v) is 3.49. The predicted molar refractivity (Wildman–Crippen MR) is 125 cm³/mol. The van der Waals surface area contributed by atoms with E-state index in [1.807, 2.05) is 62.4 Å². The molecule has 0 heterocycles. The van der Waals surface area contributed by atoms with Gasteiger partial charge in [0.1, 0.15) is 6.61 Å². The summed E-state index contributed by atoms with van der Waals surface area (Å²) in [5, 5.41) is 3.23. The van der Waals surface area contributed by atoms with E-state index in [-0.39, 0.29) is 5.91 Å². The number of hydrogen-bond donors (Lipinski definition) is 1. The van der Waals surface area contributed by atoms with Gasteiger partial charge in [0.25, 0.3) is 5.91 Å². The van der Waals surface area contributed by atoms with Gasteiger partial charge in [-0.15, -0.1) is 0 Å². The standard InChI is InChI=1S/C23H21ClINO3/c1-3-28-21-13-17(23(27)26-20-7-5-4-6-19(20)25)12-18(24)22(21)29-14-16-10-8-15(2)9-11-16/h4-13H,3,14H2,1-2H3,(H,26,27). The molecule has 0 aromatic heterocycles. The van der Waals surface area contributed by atoms with Crippen LogP contribution in [0, 0.1) is 10.5 Å². The number of halogens is 2. The highest BCUT2D eigenvalue weighted by Gasteiger charge is 2.17. The van der Waals surface area contributed by atoms with Crippen molar-refractivity contribution in [2.24, 2.45) is 0 Å². The number of carbonyl (C=O) groups excluding carboxylic acids is 1. The van der Waals surface area contributed by atoms with Gasteiger partial charge in [0.05, 0.1) is 17.3 Å². The molecule has 0 saturated carbocycles. The topological polar surface area (TPSA) is 47.6 Å². The van der Waals surface area contributed by atoms with Crippen LogP contribution in [0.15, 0.2) is 60.7 Å². The maximum atomic E-state index is 12.7. The summed E-state index contributed by atoms with van der Waals surface area (Å²) in [6.45, 7) is 4.69. The number of carbonyl (C=O) groups is 1. The molecule has 0 bridgehead atoms. The molecular formula is C23H21ClINO3. The van der Waals surface area contributed by atoms with E-state index < -0.39 is 0 Å². The predicted octanol–water partition coefficient (Wildman–Crippen LogP) is 6.48. The lowest BCUT2D eigenvalue weighted by atomic mass is 10.1. The quantitative estimate of drug-likeness (QED) is 0.362. The first-order chi connectivity index (χ1) is 14.0. The third-order valence-corrected chi connectivity index (χ3v) is 5.42. The monoisotopic (exact) mass is 521 g/mol. The molecule has 3 rings (SSSR count). The molecule has 0 radical (unpaired) electrons. The summed E-state index contributed by atoms with van der Waals surface area (Å²) in [5.41, 5.74) is 3.35. The highest BCUT2D eigenvalue weighted by molar-refractivity contribution is 14.1. The molecule has 0 aliphatic heterocycles. The molecule has 1 N–H and O–H groups in total. The Kier molecular flexibility index (Phi) is 7.39. The molecular weight excluding hydrogens is 501 g/mol. The SMILES string of the molecule is CCOc1cc(C(=O)Nc2ccccc2I)cc(Cl)c1OCc1ccc(C)cc1. The Morgan fingerprint density at radius 2 is 1.79 bits per heavy atom. The van der Waals surface area contributed by atoms with Crippen molar-refractivity contribution in [3.8, 4) is 11.5 Å². The molecule has 0 atom stereocenters. The van der Waals surface area contributed by atoms with Crippen molar-refractivity contribution >= 4 is 45.8 Å². The van der Waals surface area contributed by atoms with E-state index >= 15 is 0 Å². The molecule has 0 spiro atoms. The van der Waals surface area contributed by atoms with Gasteiger partial charge in [-0.1, -0.05) is 53.6 Å². The van der Waals surface area contributed by atoms with Gasteiger partial charge in [0.15, 0.2) is 11.5 Å². The van der Waals surface area contributed by atoms with E-state index in [4.69, 9.17) is 21.1 Å². The third-order valence-electron chi connectivity index (χ3n) is 4.20. The van der Waals surface area contributed by atoms with Crippen LogP contribution in [0.25, 0.3) is 0 Å². The Bertz CT molecular complexity index is 1010. The average Bonchev–Trinajstić information content (AvgIpc) is 2.70. The lowest BCUT2D eigenvalue weighted by Crippen LogP contribution is -2.13. The molecule has 1 amide bonds. The molecule has 4 nitrogen and oxygen atoms in total. The van der Waals surface area contributed by atoms with Gasteiger partial charge in [-0.05, 0) is 66.3 Å². The first kappa shape index (κ1) is 21.5. The van der Waals surface area contributed by atoms with Crippen molar-refractivity contribution in [1.82, 2.24) is 0 Å². The molecule has 3 aromatic rings. The van der Waals surface area contributed by atoms with E-state index in [9.17, 15) is 4.79 Å². The molecule has 3 aromatic carbocycles. The molecule has 150 valence electrons. The Balaban J connectivity index is 1.82. The molecule has 0 aliphatic carbocycles. The van der Waals surface area contributed by atoms with Gasteiger partial charge in [-0.25, -0.2) is 0 Å². The van der Waals surface area contributed by atoms with Crippen LogP contribution in [-0.4, -0.2) is 12.5 Å². The minimum atomic E-state index is -0.262. The molecule has 0 saturated heterocycles. The Labute approximate surface area is 189 Å². The van der Waals surface area contributed by atoms with Crippen molar-refractivity contribution < 1.29 is 14.3 Å². The molecule has 29 heavy (non-hydrogen) atoms. The van der Waals surface area contributed by atoms with Crippen LogP contribution in [-0.2, 0) is 6.61 Å². The van der Waals surface area contributed by atoms with Gasteiger partial charge >= 0.3 is 0 Å². The van der Waals surface area contributed by atoms with Crippen molar-refractivity contribution in [3.63, 3.8) is 0 Å². The highest BCUT2D eigenvalue weighted by atomic mass is 127. The van der Waals surface area contributed by atoms with E-state index in [1.165, 1.54) is 5.56 Å². The zero-order valence-corrected chi connectivity index (χ0v) is 19.1. The molecule has 0 unspecified atom stereocenters. The second kappa shape index (κ2) is 9.98. The third kappa shape index (κ3) is 5.64. The van der Waals surface area contributed by atoms with Crippen LogP contribution in [0.2, 0.25) is 5.02 Å². The number of para-hydroxylation sites is 1. The minimum absolute atomic E-state index is 0.262. The summed E-state index contributed by atoms with van der Waals surface area (Å²) in [6, 6.07) is 18.9. The number of hydrogen-bond acceptors (Lipinski definition) is 3. The van der Waals surface area contributed by atoms with Gasteiger partial charge in [0, 0.05) is 9.13 Å². The Morgan fingerprint density at radius 3 is 2.48 bits per heavy atom. The second-order valence-electron chi connectivity index (χ2n) is 6.43. The number of amides is 1. The first-order valence-electron chi connectivity index (χ1n) is 9.18. The van der Waals surface area contributed by atoms with E-state index in [0.717, 1.165) is 14.8 Å². The van der Waals surface area contributed by atoms with Gasteiger partial charge in [-0.2, -0.15) is 0 Å². The van der Waals surface area contributed by atoms with Crippen LogP contribution in [0.5, 0.6) is 11.5 Å². The van der Waals surface area contributed by atoms with Crippen LogP contribution in [0.1, 0.15) is 28.4 Å². The summed E-state index contributed by atoms with van der Waals surface area (Å²) in [4.78, 5) is 12.7. The van der Waals surface area contributed by atoms with Gasteiger partial charge in [0.2, 0.25) is 0 Å². The largest absolute Gasteiger partial charge is 0.490 e. The zero-order valence-electron chi connectivity index (χ0n) is 16.2. The average molecular weight is 522 g/mol. The first-order valence-corrected chi connectivity index (χ1v) is 10.6. The fourth-order valence-electron chi connectivity index (χ4n) is 2.70. The van der Waals surface area contributed by atoms with Crippen molar-refractivity contribution in [3.05, 3.63) is 85.9 Å². The fraction of sp³-hybridized carbons (Fsp3) is 0.174. The number of aryl methyl sites for hydroxylation is 1. The summed E-state index contributed by atoms with van der Waals surface area (Å²) in [7, 11) is 0. The smallest absolute Gasteiger partial charge is 0.255 e. The van der Waals surface area contributed by atoms with Crippen molar-refractivity contribution in [2.45, 2.75) is 20.5 Å². The number of rotatable bonds is 7. The number of anilines is 1. The van der Waals surface area contributed by atoms with Crippen molar-refractivity contribution in [2.75, 3.05) is 11.9 Å². The maximum Gasteiger partial charge on any atom is 0.255 e. The van der Waals surface area contributed by atoms with E-state index in [2.05, 4.69) is 27.9 Å². The summed E-state index contributed by atoms with van der Waals surface area (Å²) < 4.78 is 12.6. The van der Waals surface area contributed by atoms with Gasteiger partial charge < -0.3 is 14.8 Å². The van der Waals surface area contributed by atoms with E-state index in [1.54, 1.807) is 12.1 Å². The number of nitrogens with one attached hydrogen (secondary N) is 1. The maximum absolute atomic E-state index is 12.7. The Hall–Kier alpha value is -2.25. The normalized spacial score (nSPS) is 10.5. The summed E-state index contributed by atoms with van der Waals surface area (Å²) >= 11 is 8.63. The minimum Gasteiger partial charge on any atom is -0.490 e. The Morgan fingerprint density at radius 1 is 1.07 bits per heavy atom. The second-order valence-corrected chi connectivity index (χ2v) is 8.00. The highest BCUT2D eigenvalue weighted by Crippen LogP contribution is 2.37. The summed E-state index contributed by atoms with van der Waals surface area (Å²) in [5.74, 6) is 0.613. The van der Waals surface area contributed by atoms with Crippen LogP contribution in [0.4, 0.5) is 5.69 Å². The summed E-state index contributed by atoms with van der Waals surface area (Å²) in [6.07, 6.45) is 0. The zero-order chi connectivity index (χ0) is 20.8.